The van der Waals surface area contributed by atoms with Gasteiger partial charge >= 0.3 is 0 Å². The lowest BCUT2D eigenvalue weighted by Gasteiger charge is -2.05. The van der Waals surface area contributed by atoms with E-state index in [4.69, 9.17) is 8.00 Å². The van der Waals surface area contributed by atoms with Crippen molar-refractivity contribution in [1.29, 1.82) is 5.26 Å². The van der Waals surface area contributed by atoms with E-state index in [0.717, 1.165) is 0 Å². The van der Waals surface area contributed by atoms with Gasteiger partial charge in [-0.2, -0.15) is 5.26 Å². The van der Waals surface area contributed by atoms with E-state index < -0.39 is 12.8 Å². The molecule has 0 bridgehead atoms. The standard InChI is InChI=1S/C7H9N/c8-6-7-4-2-1-3-5-7/h2,4,7H,1,3,5H2/t7-/m0/s1/i3D,5D/t3-,5-,7-. The van der Waals surface area contributed by atoms with Crippen LogP contribution in [0, 0.1) is 17.2 Å². The largest absolute Gasteiger partial charge is 0.198 e. The predicted molar refractivity (Wildman–Crippen MR) is 32.1 cm³/mol. The Balaban J connectivity index is 2.68. The number of allylic oxidation sites excluding steroid dienone is 2. The van der Waals surface area contributed by atoms with Crippen LogP contribution < -0.4 is 0 Å². The highest BCUT2D eigenvalue weighted by Gasteiger charge is 2.04. The maximum absolute atomic E-state index is 8.47. The van der Waals surface area contributed by atoms with Gasteiger partial charge in [0.15, 0.2) is 0 Å². The molecule has 8 heavy (non-hydrogen) atoms. The van der Waals surface area contributed by atoms with Crippen molar-refractivity contribution in [3.63, 3.8) is 0 Å². The molecule has 1 aliphatic rings. The van der Waals surface area contributed by atoms with Crippen LogP contribution in [-0.4, -0.2) is 0 Å². The van der Waals surface area contributed by atoms with E-state index in [9.17, 15) is 0 Å². The monoisotopic (exact) mass is 109 g/mol. The molecule has 0 amide bonds. The third kappa shape index (κ3) is 1.10. The first-order valence-corrected chi connectivity index (χ1v) is 2.66. The molecule has 0 saturated carbocycles. The summed E-state index contributed by atoms with van der Waals surface area (Å²) in [4.78, 5) is 0. The Hall–Kier alpha value is -0.770. The molecule has 1 aliphatic carbocycles. The van der Waals surface area contributed by atoms with Crippen LogP contribution in [-0.2, 0) is 0 Å². The highest BCUT2D eigenvalue weighted by atomic mass is 14.3. The molecule has 1 rings (SSSR count). The lowest BCUT2D eigenvalue weighted by atomic mass is 9.98. The minimum atomic E-state index is -0.546. The predicted octanol–water partition coefficient (Wildman–Crippen LogP) is 1.87. The molecule has 0 aromatic carbocycles. The first-order chi connectivity index (χ1) is 4.75. The number of nitriles is 1. The molecule has 42 valence electrons. The Labute approximate surface area is 52.4 Å². The molecular weight excluding hydrogens is 98.1 g/mol. The van der Waals surface area contributed by atoms with Crippen molar-refractivity contribution in [1.82, 2.24) is 0 Å². The molecule has 0 heterocycles. The molecule has 0 N–H and O–H groups in total. The summed E-state index contributed by atoms with van der Waals surface area (Å²) in [6.07, 6.45) is 3.20. The van der Waals surface area contributed by atoms with E-state index in [1.165, 1.54) is 0 Å². The first kappa shape index (κ1) is 3.29. The quantitative estimate of drug-likeness (QED) is 0.435. The zero-order valence-corrected chi connectivity index (χ0v) is 4.54. The first-order valence-electron chi connectivity index (χ1n) is 3.82. The highest BCUT2D eigenvalue weighted by Crippen LogP contribution is 2.14. The van der Waals surface area contributed by atoms with Crippen LogP contribution in [0.3, 0.4) is 0 Å². The van der Waals surface area contributed by atoms with Gasteiger partial charge in [-0.3, -0.25) is 0 Å². The summed E-state index contributed by atoms with van der Waals surface area (Å²) in [5.74, 6) is -0.365. The number of rotatable bonds is 0. The second kappa shape index (κ2) is 2.52. The van der Waals surface area contributed by atoms with E-state index >= 15 is 0 Å². The summed E-state index contributed by atoms with van der Waals surface area (Å²) in [5, 5.41) is 8.47. The van der Waals surface area contributed by atoms with Gasteiger partial charge in [0.2, 0.25) is 0 Å². The minimum absolute atomic E-state index is 0.365. The van der Waals surface area contributed by atoms with Gasteiger partial charge in [0, 0.05) is 2.74 Å². The van der Waals surface area contributed by atoms with Crippen molar-refractivity contribution in [2.24, 2.45) is 5.92 Å². The molecule has 0 aromatic rings. The van der Waals surface area contributed by atoms with Crippen molar-refractivity contribution in [2.45, 2.75) is 19.2 Å². The molecule has 0 aromatic heterocycles. The zero-order chi connectivity index (χ0) is 7.56. The Morgan fingerprint density at radius 1 is 1.88 bits per heavy atom. The Morgan fingerprint density at radius 3 is 3.38 bits per heavy atom. The van der Waals surface area contributed by atoms with E-state index in [-0.39, 0.29) is 5.92 Å². The summed E-state index contributed by atoms with van der Waals surface area (Å²) in [7, 11) is 0. The summed E-state index contributed by atoms with van der Waals surface area (Å²) in [5.41, 5.74) is 0. The normalized spacial score (nSPS) is 49.1. The van der Waals surface area contributed by atoms with Crippen molar-refractivity contribution >= 4 is 0 Å². The molecular formula is C7H9N. The molecule has 0 fully saturated rings. The fourth-order valence-corrected chi connectivity index (χ4v) is 0.679. The molecule has 1 nitrogen and oxygen atoms in total. The van der Waals surface area contributed by atoms with Crippen LogP contribution in [0.15, 0.2) is 12.2 Å². The summed E-state index contributed by atoms with van der Waals surface area (Å²) in [6.45, 7) is 0. The Bertz CT molecular complexity index is 183. The smallest absolute Gasteiger partial charge is 0.0697 e. The van der Waals surface area contributed by atoms with E-state index in [0.29, 0.717) is 6.42 Å². The molecule has 0 radical (unpaired) electrons. The third-order valence-electron chi connectivity index (χ3n) is 1.11. The fourth-order valence-electron chi connectivity index (χ4n) is 0.679. The van der Waals surface area contributed by atoms with Gasteiger partial charge in [0.25, 0.3) is 0 Å². The maximum Gasteiger partial charge on any atom is 0.0697 e. The fraction of sp³-hybridized carbons (Fsp3) is 0.571. The van der Waals surface area contributed by atoms with E-state index in [2.05, 4.69) is 0 Å². The summed E-state index contributed by atoms with van der Waals surface area (Å²) in [6, 6.07) is 1.99. The molecule has 0 saturated heterocycles. The van der Waals surface area contributed by atoms with Crippen LogP contribution in [0.25, 0.3) is 0 Å². The van der Waals surface area contributed by atoms with Crippen LogP contribution >= 0.6 is 0 Å². The average Bonchev–Trinajstić information content (AvgIpc) is 1.95. The van der Waals surface area contributed by atoms with Gasteiger partial charge in [-0.1, -0.05) is 12.2 Å². The van der Waals surface area contributed by atoms with Crippen LogP contribution in [0.1, 0.15) is 22.0 Å². The molecule has 0 unspecified atom stereocenters. The van der Waals surface area contributed by atoms with Gasteiger partial charge < -0.3 is 0 Å². The third-order valence-corrected chi connectivity index (χ3v) is 1.11. The maximum atomic E-state index is 8.47. The molecule has 3 atom stereocenters. The Morgan fingerprint density at radius 2 is 2.75 bits per heavy atom. The SMILES string of the molecule is [2H][C@@H]1[C@@H](C#N)C=CC[C@@H]1[2H]. The Kier molecular flexibility index (Phi) is 1.04. The van der Waals surface area contributed by atoms with Crippen molar-refractivity contribution < 1.29 is 2.74 Å². The van der Waals surface area contributed by atoms with Crippen LogP contribution in [0.4, 0.5) is 0 Å². The summed E-state index contributed by atoms with van der Waals surface area (Å²) >= 11 is 0. The second-order valence-electron chi connectivity index (χ2n) is 1.75. The van der Waals surface area contributed by atoms with E-state index in [1.807, 2.05) is 12.1 Å². The molecule has 0 spiro atoms. The number of nitrogens with zero attached hydrogens (tertiary/aromatic N) is 1. The topological polar surface area (TPSA) is 23.8 Å². The highest BCUT2D eigenvalue weighted by molar-refractivity contribution is 5.02. The second-order valence-corrected chi connectivity index (χ2v) is 1.75. The lowest BCUT2D eigenvalue weighted by Crippen LogP contribution is -1.95. The number of hydrogen-bond donors (Lipinski definition) is 0. The molecule has 1 heteroatoms. The van der Waals surface area contributed by atoms with Gasteiger partial charge in [0.05, 0.1) is 12.0 Å². The average molecular weight is 109 g/mol. The lowest BCUT2D eigenvalue weighted by molar-refractivity contribution is 0.640. The van der Waals surface area contributed by atoms with Gasteiger partial charge in [0.1, 0.15) is 0 Å². The van der Waals surface area contributed by atoms with Crippen LogP contribution in [0.5, 0.6) is 0 Å². The summed E-state index contributed by atoms with van der Waals surface area (Å²) < 4.78 is 14.7. The van der Waals surface area contributed by atoms with Gasteiger partial charge in [-0.25, -0.2) is 0 Å². The molecule has 0 aliphatic heterocycles. The number of hydrogen-bond acceptors (Lipinski definition) is 1. The van der Waals surface area contributed by atoms with Gasteiger partial charge in [-0.05, 0) is 19.2 Å². The van der Waals surface area contributed by atoms with Crippen LogP contribution in [0.2, 0.25) is 0 Å². The zero-order valence-electron chi connectivity index (χ0n) is 6.54. The van der Waals surface area contributed by atoms with Crippen molar-refractivity contribution in [3.8, 4) is 6.07 Å². The van der Waals surface area contributed by atoms with Crippen molar-refractivity contribution in [3.05, 3.63) is 12.2 Å². The van der Waals surface area contributed by atoms with Gasteiger partial charge in [-0.15, -0.1) is 0 Å². The van der Waals surface area contributed by atoms with Crippen molar-refractivity contribution in [2.75, 3.05) is 0 Å². The van der Waals surface area contributed by atoms with E-state index in [1.54, 1.807) is 6.08 Å². The minimum Gasteiger partial charge on any atom is -0.198 e.